The van der Waals surface area contributed by atoms with Crippen molar-refractivity contribution in [3.63, 3.8) is 0 Å². The number of nitrogens with zero attached hydrogens (tertiary/aromatic N) is 1. The fourth-order valence-corrected chi connectivity index (χ4v) is 6.33. The quantitative estimate of drug-likeness (QED) is 0.803. The van der Waals surface area contributed by atoms with E-state index >= 15 is 0 Å². The summed E-state index contributed by atoms with van der Waals surface area (Å²) in [6.07, 6.45) is 3.75. The van der Waals surface area contributed by atoms with Gasteiger partial charge in [-0.15, -0.1) is 0 Å². The highest BCUT2D eigenvalue weighted by molar-refractivity contribution is 7.89. The zero-order valence-corrected chi connectivity index (χ0v) is 15.7. The van der Waals surface area contributed by atoms with E-state index in [1.54, 1.807) is 13.0 Å². The molecule has 1 saturated heterocycles. The van der Waals surface area contributed by atoms with Gasteiger partial charge < -0.3 is 9.84 Å². The first-order chi connectivity index (χ1) is 12.3. The molecule has 2 fully saturated rings. The maximum absolute atomic E-state index is 13.4. The molecule has 1 heterocycles. The number of ether oxygens (including phenoxy) is 1. The van der Waals surface area contributed by atoms with Crippen LogP contribution in [-0.4, -0.2) is 49.0 Å². The molecular formula is C18H23NO6S. The van der Waals surface area contributed by atoms with Crippen molar-refractivity contribution in [2.45, 2.75) is 56.0 Å². The van der Waals surface area contributed by atoms with Gasteiger partial charge in [0.2, 0.25) is 10.0 Å². The zero-order chi connectivity index (χ0) is 19.1. The molecule has 1 aromatic rings. The molecular weight excluding hydrogens is 358 g/mol. The maximum atomic E-state index is 13.4. The molecule has 0 spiro atoms. The number of carboxylic acids is 1. The molecule has 3 atom stereocenters. The molecule has 3 rings (SSSR count). The minimum atomic E-state index is -4.05. The van der Waals surface area contributed by atoms with Crippen LogP contribution in [0.3, 0.4) is 0 Å². The molecule has 2 aliphatic rings. The standard InChI is InChI=1S/C18H23NO6S/c1-11-7-8-13(18(22)25-2)10-16(11)26(23,24)19-14-6-4-3-5-12(14)9-15(19)17(20)21/h7-8,10,12,14-15H,3-6,9H2,1-2H3,(H,20,21). The lowest BCUT2D eigenvalue weighted by Gasteiger charge is -2.32. The first-order valence-corrected chi connectivity index (χ1v) is 10.2. The number of aryl methyl sites for hydroxylation is 1. The van der Waals surface area contributed by atoms with E-state index in [-0.39, 0.29) is 22.4 Å². The lowest BCUT2D eigenvalue weighted by atomic mass is 9.85. The van der Waals surface area contributed by atoms with Crippen LogP contribution in [0.2, 0.25) is 0 Å². The Balaban J connectivity index is 2.08. The highest BCUT2D eigenvalue weighted by Gasteiger charge is 2.51. The molecule has 0 aromatic heterocycles. The second kappa shape index (κ2) is 7.00. The van der Waals surface area contributed by atoms with E-state index in [1.165, 1.54) is 23.5 Å². The summed E-state index contributed by atoms with van der Waals surface area (Å²) in [5.74, 6) is -1.68. The number of carbonyl (C=O) groups is 2. The van der Waals surface area contributed by atoms with Gasteiger partial charge in [0, 0.05) is 6.04 Å². The van der Waals surface area contributed by atoms with E-state index < -0.39 is 28.0 Å². The van der Waals surface area contributed by atoms with Gasteiger partial charge in [0.15, 0.2) is 0 Å². The molecule has 8 heteroatoms. The summed E-state index contributed by atoms with van der Waals surface area (Å²) < 4.78 is 32.7. The number of hydrogen-bond acceptors (Lipinski definition) is 5. The van der Waals surface area contributed by atoms with Crippen LogP contribution < -0.4 is 0 Å². The van der Waals surface area contributed by atoms with Crippen molar-refractivity contribution >= 4 is 22.0 Å². The van der Waals surface area contributed by atoms with E-state index in [9.17, 15) is 23.1 Å². The molecule has 142 valence electrons. The highest BCUT2D eigenvalue weighted by Crippen LogP contribution is 2.43. The van der Waals surface area contributed by atoms with Crippen LogP contribution in [0.25, 0.3) is 0 Å². The van der Waals surface area contributed by atoms with E-state index in [2.05, 4.69) is 4.74 Å². The summed E-state index contributed by atoms with van der Waals surface area (Å²) >= 11 is 0. The Kier molecular flexibility index (Phi) is 5.07. The van der Waals surface area contributed by atoms with Gasteiger partial charge in [0.05, 0.1) is 17.6 Å². The predicted molar refractivity (Wildman–Crippen MR) is 93.3 cm³/mol. The molecule has 7 nitrogen and oxygen atoms in total. The van der Waals surface area contributed by atoms with Gasteiger partial charge in [0.1, 0.15) is 6.04 Å². The second-order valence-electron chi connectivity index (χ2n) is 7.01. The number of benzene rings is 1. The van der Waals surface area contributed by atoms with Crippen LogP contribution in [0.5, 0.6) is 0 Å². The maximum Gasteiger partial charge on any atom is 0.337 e. The molecule has 1 aliphatic carbocycles. The molecule has 0 amide bonds. The summed E-state index contributed by atoms with van der Waals surface area (Å²) in [7, 11) is -2.83. The minimum absolute atomic E-state index is 0.0297. The molecule has 0 radical (unpaired) electrons. The Labute approximate surface area is 153 Å². The lowest BCUT2D eigenvalue weighted by Crippen LogP contribution is -2.46. The van der Waals surface area contributed by atoms with Crippen LogP contribution in [-0.2, 0) is 19.6 Å². The number of hydrogen-bond donors (Lipinski definition) is 1. The van der Waals surface area contributed by atoms with Gasteiger partial charge in [-0.3, -0.25) is 4.79 Å². The molecule has 1 N–H and O–H groups in total. The van der Waals surface area contributed by atoms with Gasteiger partial charge >= 0.3 is 11.9 Å². The Hall–Kier alpha value is -1.93. The number of esters is 1. The number of fused-ring (bicyclic) bond motifs is 1. The predicted octanol–water partition coefficient (Wildman–Crippen LogP) is 2.19. The van der Waals surface area contributed by atoms with Crippen molar-refractivity contribution in [2.24, 2.45) is 5.92 Å². The van der Waals surface area contributed by atoms with Crippen molar-refractivity contribution in [1.29, 1.82) is 0 Å². The molecule has 1 saturated carbocycles. The van der Waals surface area contributed by atoms with Crippen LogP contribution >= 0.6 is 0 Å². The molecule has 1 aromatic carbocycles. The first kappa shape index (κ1) is 18.8. The number of carbonyl (C=O) groups excluding carboxylic acids is 1. The molecule has 26 heavy (non-hydrogen) atoms. The topological polar surface area (TPSA) is 101 Å². The Morgan fingerprint density at radius 3 is 2.58 bits per heavy atom. The van der Waals surface area contributed by atoms with Gasteiger partial charge in [-0.05, 0) is 49.8 Å². The van der Waals surface area contributed by atoms with Gasteiger partial charge in [-0.2, -0.15) is 4.31 Å². The Bertz CT molecular complexity index is 834. The number of methoxy groups -OCH3 is 1. The third-order valence-electron chi connectivity index (χ3n) is 5.48. The number of sulfonamides is 1. The smallest absolute Gasteiger partial charge is 0.337 e. The number of carboxylic acid groups (broad SMARTS) is 1. The SMILES string of the molecule is COC(=O)c1ccc(C)c(S(=O)(=O)N2C(C(=O)O)CC3CCCCC32)c1. The Morgan fingerprint density at radius 1 is 1.23 bits per heavy atom. The lowest BCUT2D eigenvalue weighted by molar-refractivity contribution is -0.141. The van der Waals surface area contributed by atoms with Crippen molar-refractivity contribution in [3.05, 3.63) is 29.3 Å². The van der Waals surface area contributed by atoms with Gasteiger partial charge in [-0.1, -0.05) is 18.9 Å². The van der Waals surface area contributed by atoms with E-state index in [4.69, 9.17) is 0 Å². The third-order valence-corrected chi connectivity index (χ3v) is 7.55. The number of aliphatic carboxylic acids is 1. The summed E-state index contributed by atoms with van der Waals surface area (Å²) in [6.45, 7) is 1.64. The monoisotopic (exact) mass is 381 g/mol. The molecule has 0 bridgehead atoms. The second-order valence-corrected chi connectivity index (χ2v) is 8.82. The normalized spacial score (nSPS) is 26.3. The molecule has 3 unspecified atom stereocenters. The zero-order valence-electron chi connectivity index (χ0n) is 14.8. The number of rotatable bonds is 4. The average molecular weight is 381 g/mol. The van der Waals surface area contributed by atoms with Crippen molar-refractivity contribution in [1.82, 2.24) is 4.31 Å². The summed E-state index contributed by atoms with van der Waals surface area (Å²) in [6, 6.07) is 2.97. The fraction of sp³-hybridized carbons (Fsp3) is 0.556. The minimum Gasteiger partial charge on any atom is -0.480 e. The van der Waals surface area contributed by atoms with Crippen molar-refractivity contribution in [3.8, 4) is 0 Å². The van der Waals surface area contributed by atoms with Gasteiger partial charge in [0.25, 0.3) is 0 Å². The van der Waals surface area contributed by atoms with E-state index in [0.29, 0.717) is 18.4 Å². The fourth-order valence-electron chi connectivity index (χ4n) is 4.21. The third kappa shape index (κ3) is 3.12. The van der Waals surface area contributed by atoms with Crippen LogP contribution in [0, 0.1) is 12.8 Å². The summed E-state index contributed by atoms with van der Waals surface area (Å²) in [5.41, 5.74) is 0.601. The van der Waals surface area contributed by atoms with Crippen LogP contribution in [0.1, 0.15) is 48.0 Å². The van der Waals surface area contributed by atoms with Crippen LogP contribution in [0.4, 0.5) is 0 Å². The summed E-state index contributed by atoms with van der Waals surface area (Å²) in [5, 5.41) is 9.61. The van der Waals surface area contributed by atoms with E-state index in [1.807, 2.05) is 0 Å². The van der Waals surface area contributed by atoms with E-state index in [0.717, 1.165) is 19.3 Å². The van der Waals surface area contributed by atoms with Crippen molar-refractivity contribution in [2.75, 3.05) is 7.11 Å². The highest BCUT2D eigenvalue weighted by atomic mass is 32.2. The average Bonchev–Trinajstić information content (AvgIpc) is 3.02. The first-order valence-electron chi connectivity index (χ1n) is 8.72. The largest absolute Gasteiger partial charge is 0.480 e. The summed E-state index contributed by atoms with van der Waals surface area (Å²) in [4.78, 5) is 23.5. The molecule has 1 aliphatic heterocycles. The Morgan fingerprint density at radius 2 is 1.92 bits per heavy atom. The van der Waals surface area contributed by atoms with Gasteiger partial charge in [-0.25, -0.2) is 13.2 Å². The van der Waals surface area contributed by atoms with Crippen LogP contribution in [0.15, 0.2) is 23.1 Å². The van der Waals surface area contributed by atoms with Crippen molar-refractivity contribution < 1.29 is 27.9 Å².